The second-order valence-corrected chi connectivity index (χ2v) is 7.79. The summed E-state index contributed by atoms with van der Waals surface area (Å²) in [5, 5.41) is 9.86. The summed E-state index contributed by atoms with van der Waals surface area (Å²) in [5.74, 6) is 0.812. The van der Waals surface area contributed by atoms with Gasteiger partial charge in [-0.05, 0) is 31.3 Å². The SMILES string of the molecule is COc1cccc(-n2cc(CN(C)Cc3cn(C)nc3-c3cccc(Cl)c3)cn2)c1. The zero-order chi connectivity index (χ0) is 21.1. The van der Waals surface area contributed by atoms with E-state index in [2.05, 4.69) is 28.3 Å². The predicted octanol–water partition coefficient (Wildman–Crippen LogP) is 4.57. The van der Waals surface area contributed by atoms with Crippen molar-refractivity contribution in [2.45, 2.75) is 13.1 Å². The molecule has 0 fully saturated rings. The van der Waals surface area contributed by atoms with Crippen molar-refractivity contribution in [1.82, 2.24) is 24.5 Å². The topological polar surface area (TPSA) is 48.1 Å². The summed E-state index contributed by atoms with van der Waals surface area (Å²) in [7, 11) is 5.70. The van der Waals surface area contributed by atoms with Crippen LogP contribution in [0.25, 0.3) is 16.9 Å². The van der Waals surface area contributed by atoms with E-state index in [4.69, 9.17) is 16.3 Å². The van der Waals surface area contributed by atoms with Gasteiger partial charge in [-0.2, -0.15) is 10.2 Å². The van der Waals surface area contributed by atoms with Crippen LogP contribution in [0.3, 0.4) is 0 Å². The first kappa shape index (κ1) is 20.2. The third-order valence-electron chi connectivity index (χ3n) is 4.85. The molecule has 0 amide bonds. The van der Waals surface area contributed by atoms with Gasteiger partial charge in [-0.1, -0.05) is 29.8 Å². The van der Waals surface area contributed by atoms with Crippen LogP contribution < -0.4 is 4.74 Å². The van der Waals surface area contributed by atoms with Gasteiger partial charge in [0.05, 0.1) is 24.7 Å². The number of hydrogen-bond acceptors (Lipinski definition) is 4. The van der Waals surface area contributed by atoms with Crippen molar-refractivity contribution in [3.05, 3.63) is 83.3 Å². The maximum absolute atomic E-state index is 6.18. The number of methoxy groups -OCH3 is 1. The molecule has 0 unspecified atom stereocenters. The molecule has 154 valence electrons. The molecule has 4 rings (SSSR count). The average molecular weight is 422 g/mol. The molecule has 0 N–H and O–H groups in total. The summed E-state index contributed by atoms with van der Waals surface area (Å²) in [5.41, 5.74) is 5.24. The van der Waals surface area contributed by atoms with Gasteiger partial charge in [0, 0.05) is 60.3 Å². The van der Waals surface area contributed by atoms with Crippen molar-refractivity contribution in [1.29, 1.82) is 0 Å². The number of benzene rings is 2. The maximum Gasteiger partial charge on any atom is 0.121 e. The summed E-state index contributed by atoms with van der Waals surface area (Å²) in [6.45, 7) is 1.54. The highest BCUT2D eigenvalue weighted by atomic mass is 35.5. The summed E-state index contributed by atoms with van der Waals surface area (Å²) < 4.78 is 9.02. The van der Waals surface area contributed by atoms with Crippen LogP contribution in [0.15, 0.2) is 67.1 Å². The molecule has 30 heavy (non-hydrogen) atoms. The smallest absolute Gasteiger partial charge is 0.121 e. The van der Waals surface area contributed by atoms with Gasteiger partial charge in [0.1, 0.15) is 5.75 Å². The van der Waals surface area contributed by atoms with Crippen molar-refractivity contribution in [2.24, 2.45) is 7.05 Å². The molecule has 0 spiro atoms. The van der Waals surface area contributed by atoms with Crippen molar-refractivity contribution in [3.63, 3.8) is 0 Å². The molecule has 2 aromatic carbocycles. The first-order valence-electron chi connectivity index (χ1n) is 9.67. The van der Waals surface area contributed by atoms with E-state index >= 15 is 0 Å². The third-order valence-corrected chi connectivity index (χ3v) is 5.08. The molecule has 0 radical (unpaired) electrons. The number of rotatable bonds is 7. The van der Waals surface area contributed by atoms with Crippen LogP contribution in [-0.2, 0) is 20.1 Å². The zero-order valence-corrected chi connectivity index (χ0v) is 18.0. The molecule has 0 saturated carbocycles. The van der Waals surface area contributed by atoms with Crippen LogP contribution in [0, 0.1) is 0 Å². The highest BCUT2D eigenvalue weighted by Crippen LogP contribution is 2.26. The number of ether oxygens (including phenoxy) is 1. The Morgan fingerprint density at radius 3 is 2.70 bits per heavy atom. The van der Waals surface area contributed by atoms with E-state index in [-0.39, 0.29) is 0 Å². The van der Waals surface area contributed by atoms with Gasteiger partial charge in [0.2, 0.25) is 0 Å². The Bertz CT molecular complexity index is 1150. The van der Waals surface area contributed by atoms with Crippen molar-refractivity contribution < 1.29 is 4.74 Å². The van der Waals surface area contributed by atoms with E-state index in [1.807, 2.05) is 77.3 Å². The normalized spacial score (nSPS) is 11.2. The lowest BCUT2D eigenvalue weighted by Crippen LogP contribution is -2.17. The van der Waals surface area contributed by atoms with Crippen LogP contribution in [0.5, 0.6) is 5.75 Å². The molecule has 0 saturated heterocycles. The van der Waals surface area contributed by atoms with Crippen LogP contribution in [0.1, 0.15) is 11.1 Å². The molecule has 0 aliphatic heterocycles. The molecule has 0 bridgehead atoms. The Kier molecular flexibility index (Phi) is 5.88. The number of aromatic nitrogens is 4. The molecular formula is C23H24ClN5O. The van der Waals surface area contributed by atoms with Crippen LogP contribution in [-0.4, -0.2) is 38.6 Å². The summed E-state index contributed by atoms with van der Waals surface area (Å²) in [6.07, 6.45) is 6.01. The summed E-state index contributed by atoms with van der Waals surface area (Å²) >= 11 is 6.18. The fourth-order valence-electron chi connectivity index (χ4n) is 3.53. The standard InChI is InChI=1S/C23H24ClN5O/c1-27(13-17-12-25-29(14-17)21-8-5-9-22(11-21)30-3)15-19-16-28(2)26-23(19)18-6-4-7-20(24)10-18/h4-12,14,16H,13,15H2,1-3H3. The van der Waals surface area contributed by atoms with E-state index in [9.17, 15) is 0 Å². The molecule has 0 aliphatic rings. The Hall–Kier alpha value is -3.09. The van der Waals surface area contributed by atoms with E-state index < -0.39 is 0 Å². The van der Waals surface area contributed by atoms with Crippen molar-refractivity contribution in [3.8, 4) is 22.7 Å². The van der Waals surface area contributed by atoms with E-state index in [0.717, 1.165) is 46.9 Å². The Labute approximate surface area is 181 Å². The monoisotopic (exact) mass is 421 g/mol. The van der Waals surface area contributed by atoms with Crippen LogP contribution in [0.2, 0.25) is 5.02 Å². The lowest BCUT2D eigenvalue weighted by molar-refractivity contribution is 0.319. The van der Waals surface area contributed by atoms with Crippen molar-refractivity contribution >= 4 is 11.6 Å². The molecule has 7 heteroatoms. The lowest BCUT2D eigenvalue weighted by Gasteiger charge is -2.15. The minimum Gasteiger partial charge on any atom is -0.497 e. The lowest BCUT2D eigenvalue weighted by atomic mass is 10.1. The van der Waals surface area contributed by atoms with Crippen LogP contribution >= 0.6 is 11.6 Å². The first-order valence-corrected chi connectivity index (χ1v) is 10.0. The molecule has 0 aliphatic carbocycles. The highest BCUT2D eigenvalue weighted by Gasteiger charge is 2.13. The van der Waals surface area contributed by atoms with Gasteiger partial charge in [0.15, 0.2) is 0 Å². The minimum atomic E-state index is 0.711. The van der Waals surface area contributed by atoms with E-state index in [0.29, 0.717) is 5.02 Å². The zero-order valence-electron chi connectivity index (χ0n) is 17.3. The number of aryl methyl sites for hydroxylation is 1. The first-order chi connectivity index (χ1) is 14.5. The molecular weight excluding hydrogens is 398 g/mol. The Balaban J connectivity index is 1.48. The average Bonchev–Trinajstić information content (AvgIpc) is 3.34. The Morgan fingerprint density at radius 1 is 1.07 bits per heavy atom. The minimum absolute atomic E-state index is 0.711. The largest absolute Gasteiger partial charge is 0.497 e. The molecule has 4 aromatic rings. The number of halogens is 1. The second-order valence-electron chi connectivity index (χ2n) is 7.35. The predicted molar refractivity (Wildman–Crippen MR) is 119 cm³/mol. The molecule has 2 heterocycles. The van der Waals surface area contributed by atoms with Gasteiger partial charge < -0.3 is 4.74 Å². The molecule has 0 atom stereocenters. The van der Waals surface area contributed by atoms with Gasteiger partial charge in [-0.25, -0.2) is 4.68 Å². The maximum atomic E-state index is 6.18. The number of hydrogen-bond donors (Lipinski definition) is 0. The summed E-state index contributed by atoms with van der Waals surface area (Å²) in [4.78, 5) is 2.25. The quantitative estimate of drug-likeness (QED) is 0.438. The van der Waals surface area contributed by atoms with Crippen LogP contribution in [0.4, 0.5) is 0 Å². The highest BCUT2D eigenvalue weighted by molar-refractivity contribution is 6.30. The second kappa shape index (κ2) is 8.73. The molecule has 6 nitrogen and oxygen atoms in total. The van der Waals surface area contributed by atoms with E-state index in [1.165, 1.54) is 0 Å². The van der Waals surface area contributed by atoms with Gasteiger partial charge in [-0.3, -0.25) is 9.58 Å². The van der Waals surface area contributed by atoms with E-state index in [1.54, 1.807) is 7.11 Å². The molecule has 2 aromatic heterocycles. The van der Waals surface area contributed by atoms with Crippen molar-refractivity contribution in [2.75, 3.05) is 14.2 Å². The third kappa shape index (κ3) is 4.56. The number of nitrogens with zero attached hydrogens (tertiary/aromatic N) is 5. The fourth-order valence-corrected chi connectivity index (χ4v) is 3.72. The fraction of sp³-hybridized carbons (Fsp3) is 0.217. The Morgan fingerprint density at radius 2 is 1.90 bits per heavy atom. The van der Waals surface area contributed by atoms with Gasteiger partial charge in [0.25, 0.3) is 0 Å². The van der Waals surface area contributed by atoms with Gasteiger partial charge >= 0.3 is 0 Å². The van der Waals surface area contributed by atoms with Gasteiger partial charge in [-0.15, -0.1) is 0 Å². The summed E-state index contributed by atoms with van der Waals surface area (Å²) in [6, 6.07) is 15.7.